The van der Waals surface area contributed by atoms with Crippen molar-refractivity contribution in [2.75, 3.05) is 11.9 Å². The second-order valence-electron chi connectivity index (χ2n) is 8.21. The lowest BCUT2D eigenvalue weighted by atomic mass is 10.0. The maximum absolute atomic E-state index is 14.6. The van der Waals surface area contributed by atoms with Crippen molar-refractivity contribution in [2.24, 2.45) is 17.3 Å². The molecule has 0 saturated carbocycles. The first-order valence-electron chi connectivity index (χ1n) is 11.1. The number of rotatable bonds is 6. The van der Waals surface area contributed by atoms with Gasteiger partial charge in [0.1, 0.15) is 17.2 Å². The van der Waals surface area contributed by atoms with Crippen LogP contribution in [0.1, 0.15) is 22.5 Å². The van der Waals surface area contributed by atoms with Gasteiger partial charge < -0.3 is 10.1 Å². The molecule has 176 valence electrons. The van der Waals surface area contributed by atoms with Gasteiger partial charge in [0.2, 0.25) is 5.95 Å². The van der Waals surface area contributed by atoms with Crippen molar-refractivity contribution >= 4 is 18.3 Å². The summed E-state index contributed by atoms with van der Waals surface area (Å²) >= 11 is 0. The number of hydrogen-bond donors (Lipinski definition) is 1. The first-order chi connectivity index (χ1) is 17.0. The highest BCUT2D eigenvalue weighted by molar-refractivity contribution is 5.77. The Morgan fingerprint density at radius 1 is 1.23 bits per heavy atom. The molecule has 3 aromatic heterocycles. The monoisotopic (exact) mass is 470 g/mol. The van der Waals surface area contributed by atoms with Gasteiger partial charge in [0, 0.05) is 60.9 Å². The molecule has 0 amide bonds. The van der Waals surface area contributed by atoms with Crippen molar-refractivity contribution in [3.05, 3.63) is 70.5 Å². The van der Waals surface area contributed by atoms with E-state index < -0.39 is 0 Å². The average molecular weight is 471 g/mol. The van der Waals surface area contributed by atoms with Crippen LogP contribution < -0.4 is 15.5 Å². The predicted octanol–water partition coefficient (Wildman–Crippen LogP) is 3.31. The summed E-state index contributed by atoms with van der Waals surface area (Å²) in [6, 6.07) is 9.18. The minimum absolute atomic E-state index is 0.242. The zero-order chi connectivity index (χ0) is 24.5. The lowest BCUT2D eigenvalue weighted by molar-refractivity contribution is 0.356. The molecule has 1 aromatic carbocycles. The van der Waals surface area contributed by atoms with Gasteiger partial charge in [-0.3, -0.25) is 8.97 Å². The third kappa shape index (κ3) is 3.81. The van der Waals surface area contributed by atoms with Crippen LogP contribution in [-0.4, -0.2) is 32.3 Å². The highest BCUT2D eigenvalue weighted by atomic mass is 19.1. The Morgan fingerprint density at radius 3 is 2.89 bits per heavy atom. The van der Waals surface area contributed by atoms with E-state index in [0.717, 1.165) is 28.3 Å². The van der Waals surface area contributed by atoms with E-state index in [1.54, 1.807) is 30.1 Å². The molecule has 1 aliphatic heterocycles. The molecule has 0 unspecified atom stereocenters. The molecule has 5 rings (SSSR count). The number of nitrogens with zero attached hydrogens (tertiary/aromatic N) is 7. The molecule has 0 fully saturated rings. The maximum Gasteiger partial charge on any atom is 0.204 e. The molecule has 4 aromatic rings. The van der Waals surface area contributed by atoms with Gasteiger partial charge in [0.15, 0.2) is 5.49 Å². The number of nitriles is 1. The van der Waals surface area contributed by atoms with E-state index in [0.29, 0.717) is 41.2 Å². The summed E-state index contributed by atoms with van der Waals surface area (Å²) in [4.78, 5) is 9.16. The third-order valence-electron chi connectivity index (χ3n) is 6.19. The van der Waals surface area contributed by atoms with Crippen molar-refractivity contribution in [1.29, 1.82) is 5.26 Å². The van der Waals surface area contributed by atoms with Crippen molar-refractivity contribution in [3.63, 3.8) is 0 Å². The lowest BCUT2D eigenvalue weighted by Crippen LogP contribution is -2.25. The molecule has 0 atom stereocenters. The number of halogens is 1. The number of anilines is 1. The van der Waals surface area contributed by atoms with Crippen LogP contribution in [0, 0.1) is 24.1 Å². The Hall–Kier alpha value is -4.52. The largest absolute Gasteiger partial charge is 0.493 e. The fourth-order valence-corrected chi connectivity index (χ4v) is 4.51. The summed E-state index contributed by atoms with van der Waals surface area (Å²) in [6.07, 6.45) is 4.31. The van der Waals surface area contributed by atoms with Crippen molar-refractivity contribution in [3.8, 4) is 22.9 Å². The third-order valence-corrected chi connectivity index (χ3v) is 6.19. The van der Waals surface area contributed by atoms with Gasteiger partial charge in [-0.15, -0.1) is 5.10 Å². The van der Waals surface area contributed by atoms with Gasteiger partial charge in [-0.25, -0.2) is 14.4 Å². The fraction of sp³-hybridized carbons (Fsp3) is 0.240. The highest BCUT2D eigenvalue weighted by Crippen LogP contribution is 2.30. The minimum Gasteiger partial charge on any atom is -0.493 e. The fourth-order valence-electron chi connectivity index (χ4n) is 4.51. The molecule has 0 aliphatic carbocycles. The summed E-state index contributed by atoms with van der Waals surface area (Å²) in [7, 11) is 1.80. The molecule has 0 radical (unpaired) electrons. The molecule has 0 spiro atoms. The zero-order valence-corrected chi connectivity index (χ0v) is 19.4. The standard InChI is InChI=1S/C25H23FN8O/c1-15-4-5-18(23-29-12-16(8-10-27)34(15)23)20-14-31-25(33(3)24(20)32-28-2)30-13-19-17-9-11-35-22(17)7-6-21(19)26/h4-7,12,14H,2,8-9,11,13H2,1,3H3,(H,30,31)/b32-24-. The van der Waals surface area contributed by atoms with Crippen molar-refractivity contribution in [1.82, 2.24) is 18.9 Å². The molecule has 35 heavy (non-hydrogen) atoms. The molecule has 1 N–H and O–H groups in total. The number of benzene rings is 1. The van der Waals surface area contributed by atoms with Crippen LogP contribution in [0.2, 0.25) is 0 Å². The number of fused-ring (bicyclic) bond motifs is 2. The number of aryl methyl sites for hydroxylation is 1. The SMILES string of the molecule is C=N/N=c1/c(-c2ccc(C)n3c(CC#N)cnc23)cnc(NCc2c(F)ccc3c2CCO3)n1C. The molecular formula is C25H23FN8O. The van der Waals surface area contributed by atoms with E-state index in [9.17, 15) is 9.65 Å². The first-order valence-corrected chi connectivity index (χ1v) is 11.1. The van der Waals surface area contributed by atoms with Gasteiger partial charge in [-0.05, 0) is 31.2 Å². The quantitative estimate of drug-likeness (QED) is 0.344. The van der Waals surface area contributed by atoms with E-state index >= 15 is 0 Å². The summed E-state index contributed by atoms with van der Waals surface area (Å²) in [6.45, 7) is 6.28. The van der Waals surface area contributed by atoms with E-state index in [2.05, 4.69) is 38.3 Å². The van der Waals surface area contributed by atoms with Crippen LogP contribution in [0.3, 0.4) is 0 Å². The average Bonchev–Trinajstić information content (AvgIpc) is 3.50. The van der Waals surface area contributed by atoms with E-state index in [-0.39, 0.29) is 18.8 Å². The van der Waals surface area contributed by atoms with Crippen molar-refractivity contribution < 1.29 is 9.13 Å². The van der Waals surface area contributed by atoms with Crippen LogP contribution in [0.5, 0.6) is 5.75 Å². The van der Waals surface area contributed by atoms with Gasteiger partial charge in [0.05, 0.1) is 31.0 Å². The topological polar surface area (TPSA) is 105 Å². The smallest absolute Gasteiger partial charge is 0.204 e. The van der Waals surface area contributed by atoms with Crippen LogP contribution in [0.4, 0.5) is 10.3 Å². The van der Waals surface area contributed by atoms with Crippen molar-refractivity contribution in [2.45, 2.75) is 26.3 Å². The van der Waals surface area contributed by atoms with E-state index in [1.165, 1.54) is 6.07 Å². The normalized spacial score (nSPS) is 12.9. The number of aromatic nitrogens is 4. The van der Waals surface area contributed by atoms with Gasteiger partial charge >= 0.3 is 0 Å². The maximum atomic E-state index is 14.6. The van der Waals surface area contributed by atoms with E-state index in [4.69, 9.17) is 4.74 Å². The van der Waals surface area contributed by atoms with Crippen LogP contribution in [0.25, 0.3) is 16.8 Å². The molecule has 1 aliphatic rings. The molecule has 0 saturated heterocycles. The molecular weight excluding hydrogens is 447 g/mol. The molecule has 10 heteroatoms. The summed E-state index contributed by atoms with van der Waals surface area (Å²) in [5, 5.41) is 20.4. The van der Waals surface area contributed by atoms with Gasteiger partial charge in [-0.2, -0.15) is 10.4 Å². The second kappa shape index (κ2) is 9.02. The van der Waals surface area contributed by atoms with Crippen LogP contribution in [-0.2, 0) is 26.4 Å². The molecule has 4 heterocycles. The summed E-state index contributed by atoms with van der Waals surface area (Å²) in [5.74, 6) is 0.929. The number of hydrogen-bond acceptors (Lipinski definition) is 7. The molecule has 0 bridgehead atoms. The Balaban J connectivity index is 1.57. The van der Waals surface area contributed by atoms with Gasteiger partial charge in [0.25, 0.3) is 0 Å². The Labute approximate surface area is 200 Å². The van der Waals surface area contributed by atoms with Crippen LogP contribution >= 0.6 is 0 Å². The number of pyridine rings is 1. The second-order valence-corrected chi connectivity index (χ2v) is 8.21. The van der Waals surface area contributed by atoms with E-state index in [1.807, 2.05) is 23.5 Å². The van der Waals surface area contributed by atoms with Gasteiger partial charge in [-0.1, -0.05) is 0 Å². The summed E-state index contributed by atoms with van der Waals surface area (Å²) < 4.78 is 23.9. The molecule has 9 nitrogen and oxygen atoms in total. The first kappa shape index (κ1) is 22.3. The number of ether oxygens (including phenoxy) is 1. The lowest BCUT2D eigenvalue weighted by Gasteiger charge is -2.15. The Bertz CT molecular complexity index is 1580. The highest BCUT2D eigenvalue weighted by Gasteiger charge is 2.20. The van der Waals surface area contributed by atoms with Crippen LogP contribution in [0.15, 0.2) is 46.9 Å². The Kier molecular flexibility index (Phi) is 5.74. The minimum atomic E-state index is -0.284. The summed E-state index contributed by atoms with van der Waals surface area (Å²) in [5.41, 5.74) is 5.90. The Morgan fingerprint density at radius 2 is 2.09 bits per heavy atom. The number of nitrogens with one attached hydrogen (secondary N) is 1. The zero-order valence-electron chi connectivity index (χ0n) is 19.4. The predicted molar refractivity (Wildman–Crippen MR) is 129 cm³/mol. The number of imidazole rings is 1.